The highest BCUT2D eigenvalue weighted by Gasteiger charge is 2.23. The Balaban J connectivity index is 1.37. The van der Waals surface area contributed by atoms with Crippen LogP contribution in [-0.2, 0) is 27.2 Å². The van der Waals surface area contributed by atoms with Crippen molar-refractivity contribution in [2.75, 3.05) is 12.4 Å². The molecule has 1 aromatic carbocycles. The van der Waals surface area contributed by atoms with E-state index in [9.17, 15) is 9.59 Å². The second kappa shape index (κ2) is 8.75. The SMILES string of the molecule is CC1CCCCC1NC(=O)COC(=O)CSc1ccc2c(c1)CCC2. The van der Waals surface area contributed by atoms with Crippen molar-refractivity contribution in [2.45, 2.75) is 62.8 Å². The first-order chi connectivity index (χ1) is 12.1. The number of ether oxygens (including phenoxy) is 1. The monoisotopic (exact) mass is 361 g/mol. The topological polar surface area (TPSA) is 55.4 Å². The van der Waals surface area contributed by atoms with Crippen LogP contribution in [-0.4, -0.2) is 30.3 Å². The molecule has 1 aromatic rings. The summed E-state index contributed by atoms with van der Waals surface area (Å²) in [5.74, 6) is 0.224. The fraction of sp³-hybridized carbons (Fsp3) is 0.600. The first-order valence-corrected chi connectivity index (χ1v) is 10.3. The number of amides is 1. The van der Waals surface area contributed by atoms with Crippen molar-refractivity contribution >= 4 is 23.6 Å². The Morgan fingerprint density at radius 2 is 1.96 bits per heavy atom. The van der Waals surface area contributed by atoms with E-state index in [2.05, 4.69) is 30.4 Å². The Morgan fingerprint density at radius 1 is 1.16 bits per heavy atom. The van der Waals surface area contributed by atoms with Gasteiger partial charge < -0.3 is 10.1 Å². The predicted molar refractivity (Wildman–Crippen MR) is 99.7 cm³/mol. The number of fused-ring (bicyclic) bond motifs is 1. The normalized spacial score (nSPS) is 22.3. The van der Waals surface area contributed by atoms with Crippen molar-refractivity contribution in [3.63, 3.8) is 0 Å². The molecule has 4 nitrogen and oxygen atoms in total. The molecule has 2 aliphatic rings. The van der Waals surface area contributed by atoms with Gasteiger partial charge in [-0.2, -0.15) is 0 Å². The molecule has 2 atom stereocenters. The van der Waals surface area contributed by atoms with E-state index in [4.69, 9.17) is 4.74 Å². The number of thioether (sulfide) groups is 1. The summed E-state index contributed by atoms with van der Waals surface area (Å²) in [7, 11) is 0. The fourth-order valence-electron chi connectivity index (χ4n) is 3.75. The number of benzene rings is 1. The molecule has 0 saturated heterocycles. The molecule has 2 unspecified atom stereocenters. The Labute approximate surface area is 154 Å². The van der Waals surface area contributed by atoms with E-state index in [1.165, 1.54) is 35.7 Å². The van der Waals surface area contributed by atoms with Gasteiger partial charge in [0.15, 0.2) is 6.61 Å². The van der Waals surface area contributed by atoms with E-state index < -0.39 is 0 Å². The molecule has 0 bridgehead atoms. The van der Waals surface area contributed by atoms with Crippen LogP contribution in [0.1, 0.15) is 50.2 Å². The van der Waals surface area contributed by atoms with Crippen molar-refractivity contribution in [1.29, 1.82) is 0 Å². The summed E-state index contributed by atoms with van der Waals surface area (Å²) in [5, 5.41) is 3.00. The lowest BCUT2D eigenvalue weighted by molar-refractivity contribution is -0.146. The largest absolute Gasteiger partial charge is 0.455 e. The van der Waals surface area contributed by atoms with Gasteiger partial charge in [-0.1, -0.05) is 25.8 Å². The molecule has 0 spiro atoms. The highest BCUT2D eigenvalue weighted by atomic mass is 32.2. The number of hydrogen-bond donors (Lipinski definition) is 1. The maximum atomic E-state index is 12.0. The Hall–Kier alpha value is -1.49. The van der Waals surface area contributed by atoms with E-state index >= 15 is 0 Å². The van der Waals surface area contributed by atoms with E-state index in [0.29, 0.717) is 5.92 Å². The minimum atomic E-state index is -0.336. The second-order valence-electron chi connectivity index (χ2n) is 7.17. The Morgan fingerprint density at radius 3 is 2.80 bits per heavy atom. The number of aryl methyl sites for hydroxylation is 2. The van der Waals surface area contributed by atoms with Crippen molar-refractivity contribution in [3.8, 4) is 0 Å². The Kier molecular flexibility index (Phi) is 6.40. The number of hydrogen-bond acceptors (Lipinski definition) is 4. The van der Waals surface area contributed by atoms with Crippen LogP contribution in [0.2, 0.25) is 0 Å². The van der Waals surface area contributed by atoms with Gasteiger partial charge in [0.2, 0.25) is 0 Å². The molecule has 1 amide bonds. The van der Waals surface area contributed by atoms with Crippen molar-refractivity contribution in [1.82, 2.24) is 5.32 Å². The zero-order valence-electron chi connectivity index (χ0n) is 14.9. The van der Waals surface area contributed by atoms with Gasteiger partial charge in [-0.3, -0.25) is 9.59 Å². The maximum absolute atomic E-state index is 12.0. The average molecular weight is 362 g/mol. The Bertz CT molecular complexity index is 631. The molecule has 1 saturated carbocycles. The highest BCUT2D eigenvalue weighted by Crippen LogP contribution is 2.27. The molecular formula is C20H27NO3S. The van der Waals surface area contributed by atoms with Crippen LogP contribution in [0.3, 0.4) is 0 Å². The third-order valence-corrected chi connectivity index (χ3v) is 6.22. The number of rotatable bonds is 6. The van der Waals surface area contributed by atoms with E-state index in [-0.39, 0.29) is 30.3 Å². The first kappa shape index (κ1) is 18.3. The van der Waals surface area contributed by atoms with Gasteiger partial charge in [0.1, 0.15) is 0 Å². The van der Waals surface area contributed by atoms with Crippen molar-refractivity contribution in [2.24, 2.45) is 5.92 Å². The van der Waals surface area contributed by atoms with Gasteiger partial charge in [0, 0.05) is 10.9 Å². The number of nitrogens with one attached hydrogen (secondary N) is 1. The molecule has 3 rings (SSSR count). The fourth-order valence-corrected chi connectivity index (χ4v) is 4.50. The van der Waals surface area contributed by atoms with Crippen LogP contribution in [0.4, 0.5) is 0 Å². The predicted octanol–water partition coefficient (Wildman–Crippen LogP) is 3.51. The van der Waals surface area contributed by atoms with Crippen molar-refractivity contribution < 1.29 is 14.3 Å². The van der Waals surface area contributed by atoms with Gasteiger partial charge in [-0.15, -0.1) is 11.8 Å². The van der Waals surface area contributed by atoms with Crippen LogP contribution in [0.15, 0.2) is 23.1 Å². The summed E-state index contributed by atoms with van der Waals surface area (Å²) in [6.07, 6.45) is 8.09. The molecule has 0 radical (unpaired) electrons. The number of carbonyl (C=O) groups is 2. The van der Waals surface area contributed by atoms with Gasteiger partial charge in [0.25, 0.3) is 5.91 Å². The quantitative estimate of drug-likeness (QED) is 0.622. The molecule has 0 heterocycles. The lowest BCUT2D eigenvalue weighted by atomic mass is 9.86. The third kappa shape index (κ3) is 5.24. The summed E-state index contributed by atoms with van der Waals surface area (Å²) >= 11 is 1.48. The first-order valence-electron chi connectivity index (χ1n) is 9.31. The van der Waals surface area contributed by atoms with Gasteiger partial charge in [-0.25, -0.2) is 0 Å². The second-order valence-corrected chi connectivity index (χ2v) is 8.22. The standard InChI is InChI=1S/C20H27NO3S/c1-14-5-2-3-8-18(14)21-19(22)12-24-20(23)13-25-17-10-9-15-6-4-7-16(15)11-17/h9-11,14,18H,2-8,12-13H2,1H3,(H,21,22). The molecule has 0 aliphatic heterocycles. The molecule has 1 fully saturated rings. The summed E-state index contributed by atoms with van der Waals surface area (Å²) in [4.78, 5) is 25.0. The zero-order chi connectivity index (χ0) is 17.6. The van der Waals surface area contributed by atoms with Crippen LogP contribution in [0.5, 0.6) is 0 Å². The van der Waals surface area contributed by atoms with Gasteiger partial charge in [-0.05, 0) is 61.3 Å². The van der Waals surface area contributed by atoms with E-state index in [1.54, 1.807) is 0 Å². The van der Waals surface area contributed by atoms with Crippen molar-refractivity contribution in [3.05, 3.63) is 29.3 Å². The summed E-state index contributed by atoms with van der Waals surface area (Å²) in [6.45, 7) is 2.00. The minimum Gasteiger partial charge on any atom is -0.455 e. The number of carbonyl (C=O) groups excluding carboxylic acids is 2. The molecule has 2 aliphatic carbocycles. The molecule has 0 aromatic heterocycles. The average Bonchev–Trinajstić information content (AvgIpc) is 3.08. The smallest absolute Gasteiger partial charge is 0.316 e. The summed E-state index contributed by atoms with van der Waals surface area (Å²) in [6, 6.07) is 6.63. The van der Waals surface area contributed by atoms with E-state index in [1.807, 2.05) is 0 Å². The van der Waals surface area contributed by atoms with Crippen LogP contribution >= 0.6 is 11.8 Å². The lowest BCUT2D eigenvalue weighted by Gasteiger charge is -2.29. The summed E-state index contributed by atoms with van der Waals surface area (Å²) < 4.78 is 5.12. The molecule has 25 heavy (non-hydrogen) atoms. The van der Waals surface area contributed by atoms with Crippen LogP contribution in [0, 0.1) is 5.92 Å². The number of esters is 1. The maximum Gasteiger partial charge on any atom is 0.316 e. The van der Waals surface area contributed by atoms with Gasteiger partial charge in [0.05, 0.1) is 5.75 Å². The van der Waals surface area contributed by atoms with E-state index in [0.717, 1.165) is 37.0 Å². The van der Waals surface area contributed by atoms with Crippen LogP contribution in [0.25, 0.3) is 0 Å². The lowest BCUT2D eigenvalue weighted by Crippen LogP contribution is -2.43. The summed E-state index contributed by atoms with van der Waals surface area (Å²) in [5.41, 5.74) is 2.83. The van der Waals surface area contributed by atoms with Crippen LogP contribution < -0.4 is 5.32 Å². The third-order valence-electron chi connectivity index (χ3n) is 5.25. The minimum absolute atomic E-state index is 0.174. The molecule has 136 valence electrons. The highest BCUT2D eigenvalue weighted by molar-refractivity contribution is 8.00. The van der Waals surface area contributed by atoms with Gasteiger partial charge >= 0.3 is 5.97 Å². The molecular weight excluding hydrogens is 334 g/mol. The zero-order valence-corrected chi connectivity index (χ0v) is 15.7. The molecule has 5 heteroatoms. The molecule has 1 N–H and O–H groups in total.